The van der Waals surface area contributed by atoms with Gasteiger partial charge in [-0.3, -0.25) is 4.90 Å². The summed E-state index contributed by atoms with van der Waals surface area (Å²) in [5.41, 5.74) is -0.113. The number of carbonyl (C=O) groups is 1. The molecule has 1 rings (SSSR count). The summed E-state index contributed by atoms with van der Waals surface area (Å²) in [6.07, 6.45) is -0.311. The molecule has 0 aromatic heterocycles. The molecule has 0 aliphatic carbocycles. The van der Waals surface area contributed by atoms with E-state index in [1.165, 1.54) is 0 Å². The average molecular weight is 187 g/mol. The lowest BCUT2D eigenvalue weighted by atomic mass is 9.86. The van der Waals surface area contributed by atoms with Gasteiger partial charge >= 0.3 is 6.09 Å². The fourth-order valence-corrected chi connectivity index (χ4v) is 1.53. The van der Waals surface area contributed by atoms with Crippen molar-refractivity contribution < 1.29 is 14.6 Å². The summed E-state index contributed by atoms with van der Waals surface area (Å²) in [4.78, 5) is 12.8. The Balaban J connectivity index is 2.71. The number of amides is 1. The third kappa shape index (κ3) is 2.12. The second-order valence-corrected chi connectivity index (χ2v) is 4.37. The van der Waals surface area contributed by atoms with E-state index in [9.17, 15) is 9.90 Å². The quantitative estimate of drug-likeness (QED) is 0.697. The van der Waals surface area contributed by atoms with Gasteiger partial charge in [-0.15, -0.1) is 0 Å². The molecule has 1 heterocycles. The van der Waals surface area contributed by atoms with Gasteiger partial charge in [-0.25, -0.2) is 4.79 Å². The van der Waals surface area contributed by atoms with Gasteiger partial charge in [0.05, 0.1) is 19.2 Å². The van der Waals surface area contributed by atoms with E-state index in [1.54, 1.807) is 4.90 Å². The van der Waals surface area contributed by atoms with Crippen LogP contribution in [-0.2, 0) is 4.74 Å². The van der Waals surface area contributed by atoms with Gasteiger partial charge in [0.25, 0.3) is 0 Å². The Morgan fingerprint density at radius 1 is 1.62 bits per heavy atom. The number of hydrogen-bond acceptors (Lipinski definition) is 3. The lowest BCUT2D eigenvalue weighted by molar-refractivity contribution is 0.0729. The van der Waals surface area contributed by atoms with Crippen molar-refractivity contribution in [1.82, 2.24) is 4.90 Å². The molecule has 13 heavy (non-hydrogen) atoms. The SMILES string of the molecule is CC(C)(C)C(CO)N1CCOC1=O. The van der Waals surface area contributed by atoms with Crippen LogP contribution >= 0.6 is 0 Å². The number of ether oxygens (including phenoxy) is 1. The number of aliphatic hydroxyl groups excluding tert-OH is 1. The van der Waals surface area contributed by atoms with Gasteiger partial charge in [0.1, 0.15) is 6.61 Å². The van der Waals surface area contributed by atoms with Crippen molar-refractivity contribution in [1.29, 1.82) is 0 Å². The van der Waals surface area contributed by atoms with Crippen LogP contribution in [0.1, 0.15) is 20.8 Å². The molecule has 1 fully saturated rings. The molecular weight excluding hydrogens is 170 g/mol. The highest BCUT2D eigenvalue weighted by Crippen LogP contribution is 2.26. The molecule has 1 saturated heterocycles. The molecule has 0 saturated carbocycles. The van der Waals surface area contributed by atoms with E-state index >= 15 is 0 Å². The van der Waals surface area contributed by atoms with Gasteiger partial charge in [-0.05, 0) is 5.41 Å². The zero-order chi connectivity index (χ0) is 10.1. The molecule has 1 amide bonds. The molecule has 0 aromatic rings. The van der Waals surface area contributed by atoms with E-state index in [4.69, 9.17) is 4.74 Å². The monoisotopic (exact) mass is 187 g/mol. The summed E-state index contributed by atoms with van der Waals surface area (Å²) < 4.78 is 4.82. The zero-order valence-corrected chi connectivity index (χ0v) is 8.41. The van der Waals surface area contributed by atoms with E-state index in [1.807, 2.05) is 20.8 Å². The summed E-state index contributed by atoms with van der Waals surface area (Å²) >= 11 is 0. The predicted molar refractivity (Wildman–Crippen MR) is 48.4 cm³/mol. The van der Waals surface area contributed by atoms with Gasteiger partial charge in [0.2, 0.25) is 0 Å². The Morgan fingerprint density at radius 3 is 2.54 bits per heavy atom. The summed E-state index contributed by atoms with van der Waals surface area (Å²) in [6.45, 7) is 7.00. The Labute approximate surface area is 78.5 Å². The minimum atomic E-state index is -0.311. The first-order chi connectivity index (χ1) is 5.96. The topological polar surface area (TPSA) is 49.8 Å². The molecule has 0 radical (unpaired) electrons. The van der Waals surface area contributed by atoms with Crippen LogP contribution in [0.15, 0.2) is 0 Å². The van der Waals surface area contributed by atoms with Crippen LogP contribution in [0.5, 0.6) is 0 Å². The van der Waals surface area contributed by atoms with Crippen molar-refractivity contribution in [3.8, 4) is 0 Å². The molecule has 1 atom stereocenters. The first kappa shape index (κ1) is 10.3. The van der Waals surface area contributed by atoms with E-state index in [0.29, 0.717) is 13.2 Å². The molecule has 76 valence electrons. The maximum atomic E-state index is 11.2. The highest BCUT2D eigenvalue weighted by molar-refractivity contribution is 5.69. The van der Waals surface area contributed by atoms with E-state index in [-0.39, 0.29) is 24.2 Å². The average Bonchev–Trinajstić information content (AvgIpc) is 2.35. The van der Waals surface area contributed by atoms with E-state index < -0.39 is 0 Å². The third-order valence-electron chi connectivity index (χ3n) is 2.34. The fraction of sp³-hybridized carbons (Fsp3) is 0.889. The normalized spacial score (nSPS) is 20.3. The maximum absolute atomic E-state index is 11.2. The summed E-state index contributed by atoms with van der Waals surface area (Å²) in [7, 11) is 0. The number of rotatable bonds is 2. The first-order valence-corrected chi connectivity index (χ1v) is 4.51. The molecule has 0 spiro atoms. The largest absolute Gasteiger partial charge is 0.448 e. The molecular formula is C9H17NO3. The van der Waals surface area contributed by atoms with Gasteiger partial charge in [-0.1, -0.05) is 20.8 Å². The molecule has 1 aliphatic rings. The molecule has 4 heteroatoms. The Morgan fingerprint density at radius 2 is 2.23 bits per heavy atom. The highest BCUT2D eigenvalue weighted by atomic mass is 16.6. The highest BCUT2D eigenvalue weighted by Gasteiger charge is 2.36. The van der Waals surface area contributed by atoms with Crippen molar-refractivity contribution in [3.05, 3.63) is 0 Å². The first-order valence-electron chi connectivity index (χ1n) is 4.51. The molecule has 0 bridgehead atoms. The predicted octanol–water partition coefficient (Wildman–Crippen LogP) is 0.846. The molecule has 1 N–H and O–H groups in total. The zero-order valence-electron chi connectivity index (χ0n) is 8.41. The number of aliphatic hydroxyl groups is 1. The lowest BCUT2D eigenvalue weighted by Gasteiger charge is -2.34. The van der Waals surface area contributed by atoms with E-state index in [2.05, 4.69) is 0 Å². The van der Waals surface area contributed by atoms with Crippen molar-refractivity contribution in [2.24, 2.45) is 5.41 Å². The minimum Gasteiger partial charge on any atom is -0.448 e. The Bertz CT molecular complexity index is 198. The van der Waals surface area contributed by atoms with Crippen molar-refractivity contribution >= 4 is 6.09 Å². The van der Waals surface area contributed by atoms with Crippen LogP contribution in [0.3, 0.4) is 0 Å². The smallest absolute Gasteiger partial charge is 0.410 e. The maximum Gasteiger partial charge on any atom is 0.410 e. The van der Waals surface area contributed by atoms with Crippen LogP contribution in [0.2, 0.25) is 0 Å². The number of cyclic esters (lactones) is 1. The summed E-state index contributed by atoms with van der Waals surface area (Å²) in [5, 5.41) is 9.19. The Kier molecular flexibility index (Phi) is 2.81. The van der Waals surface area contributed by atoms with Crippen LogP contribution in [0.4, 0.5) is 4.79 Å². The summed E-state index contributed by atoms with van der Waals surface area (Å²) in [6, 6.07) is -0.150. The molecule has 1 aliphatic heterocycles. The number of nitrogens with zero attached hydrogens (tertiary/aromatic N) is 1. The van der Waals surface area contributed by atoms with Crippen LogP contribution in [0, 0.1) is 5.41 Å². The number of carbonyl (C=O) groups excluding carboxylic acids is 1. The minimum absolute atomic E-state index is 0.0153. The lowest BCUT2D eigenvalue weighted by Crippen LogP contribution is -2.46. The third-order valence-corrected chi connectivity index (χ3v) is 2.34. The second-order valence-electron chi connectivity index (χ2n) is 4.37. The summed E-state index contributed by atoms with van der Waals surface area (Å²) in [5.74, 6) is 0. The Hall–Kier alpha value is -0.770. The number of hydrogen-bond donors (Lipinski definition) is 1. The van der Waals surface area contributed by atoms with Crippen molar-refractivity contribution in [2.45, 2.75) is 26.8 Å². The van der Waals surface area contributed by atoms with Gasteiger partial charge in [0.15, 0.2) is 0 Å². The van der Waals surface area contributed by atoms with Gasteiger partial charge < -0.3 is 9.84 Å². The molecule has 4 nitrogen and oxygen atoms in total. The fourth-order valence-electron chi connectivity index (χ4n) is 1.53. The molecule has 1 unspecified atom stereocenters. The van der Waals surface area contributed by atoms with Crippen LogP contribution in [-0.4, -0.2) is 41.9 Å². The van der Waals surface area contributed by atoms with Gasteiger partial charge in [-0.2, -0.15) is 0 Å². The van der Waals surface area contributed by atoms with Gasteiger partial charge in [0, 0.05) is 0 Å². The van der Waals surface area contributed by atoms with E-state index in [0.717, 1.165) is 0 Å². The van der Waals surface area contributed by atoms with Crippen LogP contribution < -0.4 is 0 Å². The molecule has 0 aromatic carbocycles. The van der Waals surface area contributed by atoms with Crippen molar-refractivity contribution in [2.75, 3.05) is 19.8 Å². The van der Waals surface area contributed by atoms with Crippen molar-refractivity contribution in [3.63, 3.8) is 0 Å². The van der Waals surface area contributed by atoms with Crippen LogP contribution in [0.25, 0.3) is 0 Å². The second kappa shape index (κ2) is 3.54. The standard InChI is InChI=1S/C9H17NO3/c1-9(2,3)7(6-11)10-4-5-13-8(10)12/h7,11H,4-6H2,1-3H3.